The molecule has 1 N–H and O–H groups in total. The average Bonchev–Trinajstić information content (AvgIpc) is 3.01. The monoisotopic (exact) mass is 335 g/mol. The second-order valence-electron chi connectivity index (χ2n) is 4.88. The average molecular weight is 335 g/mol. The van der Waals surface area contributed by atoms with Gasteiger partial charge in [0, 0.05) is 19.5 Å². The van der Waals surface area contributed by atoms with Gasteiger partial charge in [-0.05, 0) is 30.3 Å². The van der Waals surface area contributed by atoms with Crippen LogP contribution in [0.5, 0.6) is 0 Å². The molecule has 2 aromatic heterocycles. The van der Waals surface area contributed by atoms with E-state index < -0.39 is 9.84 Å². The maximum Gasteiger partial charge on any atom is 0.274 e. The van der Waals surface area contributed by atoms with Crippen LogP contribution in [-0.4, -0.2) is 30.1 Å². The van der Waals surface area contributed by atoms with Crippen LogP contribution in [-0.2, 0) is 16.9 Å². The van der Waals surface area contributed by atoms with Crippen LogP contribution in [0.1, 0.15) is 10.5 Å². The first-order valence-electron chi connectivity index (χ1n) is 6.38. The summed E-state index contributed by atoms with van der Waals surface area (Å²) < 4.78 is 25.6. The van der Waals surface area contributed by atoms with Crippen LogP contribution in [0.25, 0.3) is 10.2 Å². The number of nitrogens with one attached hydrogen (secondary N) is 1. The molecule has 1 amide bonds. The Labute approximate surface area is 131 Å². The Balaban J connectivity index is 1.93. The highest BCUT2D eigenvalue weighted by Crippen LogP contribution is 2.28. The zero-order valence-electron chi connectivity index (χ0n) is 11.9. The van der Waals surface area contributed by atoms with Crippen molar-refractivity contribution in [2.24, 2.45) is 7.05 Å². The van der Waals surface area contributed by atoms with E-state index in [9.17, 15) is 13.2 Å². The molecule has 3 rings (SSSR count). The number of carbonyl (C=O) groups excluding carboxylic acids is 1. The van der Waals surface area contributed by atoms with E-state index in [4.69, 9.17) is 0 Å². The molecule has 3 aromatic rings. The third-order valence-corrected chi connectivity index (χ3v) is 5.23. The molecule has 0 aliphatic rings. The van der Waals surface area contributed by atoms with Gasteiger partial charge in [0.25, 0.3) is 5.91 Å². The van der Waals surface area contributed by atoms with Gasteiger partial charge in [-0.15, -0.1) is 0 Å². The molecular weight excluding hydrogens is 322 g/mol. The van der Waals surface area contributed by atoms with Gasteiger partial charge in [0.15, 0.2) is 15.0 Å². The second kappa shape index (κ2) is 5.22. The minimum atomic E-state index is -3.26. The van der Waals surface area contributed by atoms with Crippen LogP contribution in [0, 0.1) is 0 Å². The number of aromatic nitrogens is 2. The Morgan fingerprint density at radius 2 is 2.09 bits per heavy atom. The van der Waals surface area contributed by atoms with Crippen LogP contribution in [0.15, 0.2) is 41.4 Å². The van der Waals surface area contributed by atoms with Gasteiger partial charge in [-0.25, -0.2) is 13.4 Å². The number of rotatable bonds is 3. The molecule has 0 saturated heterocycles. The first-order valence-corrected chi connectivity index (χ1v) is 9.09. The minimum Gasteiger partial charge on any atom is -0.347 e. The molecule has 0 radical (unpaired) electrons. The molecule has 0 unspecified atom stereocenters. The predicted octanol–water partition coefficient (Wildman–Crippen LogP) is 2.29. The van der Waals surface area contributed by atoms with Gasteiger partial charge in [0.05, 0.1) is 15.1 Å². The predicted molar refractivity (Wildman–Crippen MR) is 86.1 cm³/mol. The number of amides is 1. The summed E-state index contributed by atoms with van der Waals surface area (Å²) in [5.74, 6) is -0.255. The Morgan fingerprint density at radius 3 is 2.73 bits per heavy atom. The summed E-state index contributed by atoms with van der Waals surface area (Å²) in [6.07, 6.45) is 2.94. The normalized spacial score (nSPS) is 11.7. The number of sulfone groups is 1. The summed E-state index contributed by atoms with van der Waals surface area (Å²) in [5, 5.41) is 3.17. The topological polar surface area (TPSA) is 81.1 Å². The summed E-state index contributed by atoms with van der Waals surface area (Å²) in [4.78, 5) is 16.7. The lowest BCUT2D eigenvalue weighted by atomic mass is 10.3. The van der Waals surface area contributed by atoms with E-state index in [2.05, 4.69) is 10.3 Å². The van der Waals surface area contributed by atoms with E-state index in [1.807, 2.05) is 0 Å². The van der Waals surface area contributed by atoms with Gasteiger partial charge in [-0.2, -0.15) is 0 Å². The van der Waals surface area contributed by atoms with Crippen molar-refractivity contribution in [3.05, 3.63) is 42.2 Å². The van der Waals surface area contributed by atoms with Crippen molar-refractivity contribution in [2.45, 2.75) is 4.90 Å². The summed E-state index contributed by atoms with van der Waals surface area (Å²) in [5.41, 5.74) is 1.18. The quantitative estimate of drug-likeness (QED) is 0.796. The highest BCUT2D eigenvalue weighted by Gasteiger charge is 2.14. The Hall–Kier alpha value is -2.19. The molecule has 0 saturated carbocycles. The smallest absolute Gasteiger partial charge is 0.274 e. The third-order valence-electron chi connectivity index (χ3n) is 3.18. The van der Waals surface area contributed by atoms with Crippen LogP contribution in [0.3, 0.4) is 0 Å². The first-order chi connectivity index (χ1) is 10.3. The Bertz CT molecular complexity index is 970. The van der Waals surface area contributed by atoms with Gasteiger partial charge >= 0.3 is 0 Å². The number of hydrogen-bond acceptors (Lipinski definition) is 5. The molecule has 2 heterocycles. The highest BCUT2D eigenvalue weighted by atomic mass is 32.2. The number of aryl methyl sites for hydroxylation is 1. The summed E-state index contributed by atoms with van der Waals surface area (Å²) in [7, 11) is -1.48. The summed E-state index contributed by atoms with van der Waals surface area (Å²) in [6.45, 7) is 0. The SMILES string of the molecule is Cn1cccc1C(=O)Nc1nc2ccc(S(C)(=O)=O)cc2s1. The molecular formula is C14H13N3O3S2. The fourth-order valence-electron chi connectivity index (χ4n) is 2.05. The number of thiazole rings is 1. The van der Waals surface area contributed by atoms with Gasteiger partial charge < -0.3 is 4.57 Å². The van der Waals surface area contributed by atoms with Crippen molar-refractivity contribution in [3.63, 3.8) is 0 Å². The lowest BCUT2D eigenvalue weighted by molar-refractivity contribution is 0.101. The molecule has 0 aliphatic carbocycles. The largest absolute Gasteiger partial charge is 0.347 e. The van der Waals surface area contributed by atoms with E-state index in [1.54, 1.807) is 42.1 Å². The Morgan fingerprint density at radius 1 is 1.32 bits per heavy atom. The third kappa shape index (κ3) is 2.75. The maximum absolute atomic E-state index is 12.1. The molecule has 0 atom stereocenters. The zero-order valence-corrected chi connectivity index (χ0v) is 13.5. The standard InChI is InChI=1S/C14H13N3O3S2/c1-17-7-3-4-11(17)13(18)16-14-15-10-6-5-9(22(2,19)20)8-12(10)21-14/h3-8H,1-2H3,(H,15,16,18). The van der Waals surface area contributed by atoms with Crippen molar-refractivity contribution in [2.75, 3.05) is 11.6 Å². The van der Waals surface area contributed by atoms with Crippen molar-refractivity contribution in [3.8, 4) is 0 Å². The molecule has 1 aromatic carbocycles. The number of nitrogens with zero attached hydrogens (tertiary/aromatic N) is 2. The lowest BCUT2D eigenvalue weighted by Gasteiger charge is -2.02. The molecule has 0 spiro atoms. The molecule has 8 heteroatoms. The summed E-state index contributed by atoms with van der Waals surface area (Å²) >= 11 is 1.24. The summed E-state index contributed by atoms with van der Waals surface area (Å²) in [6, 6.07) is 8.22. The van der Waals surface area contributed by atoms with Crippen LogP contribution in [0.4, 0.5) is 5.13 Å². The van der Waals surface area contributed by atoms with Gasteiger partial charge in [0.2, 0.25) is 0 Å². The maximum atomic E-state index is 12.1. The van der Waals surface area contributed by atoms with Gasteiger partial charge in [-0.1, -0.05) is 11.3 Å². The molecule has 6 nitrogen and oxygen atoms in total. The molecule has 0 aliphatic heterocycles. The lowest BCUT2D eigenvalue weighted by Crippen LogP contribution is -2.15. The number of fused-ring (bicyclic) bond motifs is 1. The highest BCUT2D eigenvalue weighted by molar-refractivity contribution is 7.90. The fraction of sp³-hybridized carbons (Fsp3) is 0.143. The fourth-order valence-corrected chi connectivity index (χ4v) is 3.67. The number of hydrogen-bond donors (Lipinski definition) is 1. The van der Waals surface area contributed by atoms with E-state index in [1.165, 1.54) is 17.4 Å². The van der Waals surface area contributed by atoms with Crippen LogP contribution >= 0.6 is 11.3 Å². The van der Waals surface area contributed by atoms with Crippen molar-refractivity contribution >= 4 is 42.4 Å². The zero-order chi connectivity index (χ0) is 15.9. The second-order valence-corrected chi connectivity index (χ2v) is 7.93. The Kier molecular flexibility index (Phi) is 3.50. The minimum absolute atomic E-state index is 0.240. The van der Waals surface area contributed by atoms with Gasteiger partial charge in [-0.3, -0.25) is 10.1 Å². The van der Waals surface area contributed by atoms with Crippen LogP contribution < -0.4 is 5.32 Å². The van der Waals surface area contributed by atoms with E-state index in [-0.39, 0.29) is 10.8 Å². The molecule has 22 heavy (non-hydrogen) atoms. The van der Waals surface area contributed by atoms with E-state index in [0.717, 1.165) is 6.26 Å². The number of anilines is 1. The van der Waals surface area contributed by atoms with Crippen molar-refractivity contribution < 1.29 is 13.2 Å². The van der Waals surface area contributed by atoms with E-state index >= 15 is 0 Å². The van der Waals surface area contributed by atoms with Crippen molar-refractivity contribution in [1.29, 1.82) is 0 Å². The number of benzene rings is 1. The first kappa shape index (κ1) is 14.7. The van der Waals surface area contributed by atoms with Crippen molar-refractivity contribution in [1.82, 2.24) is 9.55 Å². The molecule has 114 valence electrons. The van der Waals surface area contributed by atoms with Crippen LogP contribution in [0.2, 0.25) is 0 Å². The van der Waals surface area contributed by atoms with E-state index in [0.29, 0.717) is 21.0 Å². The molecule has 0 bridgehead atoms. The van der Waals surface area contributed by atoms with Gasteiger partial charge in [0.1, 0.15) is 5.69 Å². The number of carbonyl (C=O) groups is 1. The molecule has 0 fully saturated rings.